The molecule has 1 aliphatic heterocycles. The Kier molecular flexibility index (Phi) is 5.09. The second-order valence-corrected chi connectivity index (χ2v) is 10.0. The van der Waals surface area contributed by atoms with Gasteiger partial charge >= 0.3 is 7.12 Å². The van der Waals surface area contributed by atoms with Crippen LogP contribution < -0.4 is 5.59 Å². The molecule has 0 amide bonds. The molecule has 4 nitrogen and oxygen atoms in total. The molecule has 0 spiro atoms. The maximum atomic E-state index is 6.52. The third-order valence-corrected chi connectivity index (χ3v) is 7.65. The van der Waals surface area contributed by atoms with E-state index in [4.69, 9.17) is 14.0 Å². The third-order valence-electron chi connectivity index (χ3n) is 7.65. The van der Waals surface area contributed by atoms with E-state index < -0.39 is 0 Å². The van der Waals surface area contributed by atoms with Gasteiger partial charge in [-0.05, 0) is 81.6 Å². The van der Waals surface area contributed by atoms with Gasteiger partial charge in [0.1, 0.15) is 0 Å². The summed E-state index contributed by atoms with van der Waals surface area (Å²) in [7, 11) is 3.67. The Bertz CT molecular complexity index is 770. The van der Waals surface area contributed by atoms with Gasteiger partial charge in [0, 0.05) is 19.9 Å². The summed E-state index contributed by atoms with van der Waals surface area (Å²) in [5.74, 6) is 1.15. The van der Waals surface area contributed by atoms with Crippen molar-refractivity contribution in [1.82, 2.24) is 4.57 Å². The summed E-state index contributed by atoms with van der Waals surface area (Å²) in [4.78, 5) is 0. The zero-order valence-electron chi connectivity index (χ0n) is 18.7. The van der Waals surface area contributed by atoms with Gasteiger partial charge in [-0.25, -0.2) is 0 Å². The highest BCUT2D eigenvalue weighted by atomic mass is 16.7. The number of aromatic nitrogens is 1. The van der Waals surface area contributed by atoms with Crippen molar-refractivity contribution in [2.24, 2.45) is 13.0 Å². The lowest BCUT2D eigenvalue weighted by Gasteiger charge is -2.32. The van der Waals surface area contributed by atoms with Crippen molar-refractivity contribution in [2.75, 3.05) is 13.7 Å². The highest BCUT2D eigenvalue weighted by molar-refractivity contribution is 6.62. The van der Waals surface area contributed by atoms with Crippen molar-refractivity contribution in [3.05, 3.63) is 22.4 Å². The fraction of sp³-hybridized carbons (Fsp3) is 0.739. The van der Waals surface area contributed by atoms with E-state index in [0.29, 0.717) is 18.4 Å². The van der Waals surface area contributed by atoms with Crippen molar-refractivity contribution in [2.45, 2.75) is 83.8 Å². The molecule has 3 aliphatic rings. The first-order valence-corrected chi connectivity index (χ1v) is 10.9. The van der Waals surface area contributed by atoms with Crippen molar-refractivity contribution < 1.29 is 14.0 Å². The molecule has 1 atom stereocenters. The van der Waals surface area contributed by atoms with Crippen molar-refractivity contribution in [1.29, 1.82) is 0 Å². The fourth-order valence-corrected chi connectivity index (χ4v) is 5.22. The number of nitrogens with zero attached hydrogens (tertiary/aromatic N) is 1. The van der Waals surface area contributed by atoms with Crippen molar-refractivity contribution in [3.8, 4) is 0 Å². The lowest BCUT2D eigenvalue weighted by molar-refractivity contribution is 0.00578. The molecule has 28 heavy (non-hydrogen) atoms. The molecule has 2 heterocycles. The normalized spacial score (nSPS) is 26.6. The minimum Gasteiger partial charge on any atom is -0.398 e. The SMILES string of the molecule is COCC1=Cc2c(c(C3CCCC3)c(B3OC(C)(C)C(C)(C)O3)n2C)CC1C. The van der Waals surface area contributed by atoms with Crippen LogP contribution in [0.3, 0.4) is 0 Å². The van der Waals surface area contributed by atoms with Crippen LogP contribution in [0, 0.1) is 5.92 Å². The molecule has 0 N–H and O–H groups in total. The fourth-order valence-electron chi connectivity index (χ4n) is 5.22. The molecule has 1 aromatic rings. The smallest absolute Gasteiger partial charge is 0.398 e. The molecule has 1 saturated heterocycles. The number of methoxy groups -OCH3 is 1. The maximum absolute atomic E-state index is 6.52. The van der Waals surface area contributed by atoms with Crippen molar-refractivity contribution in [3.63, 3.8) is 0 Å². The number of hydrogen-bond donors (Lipinski definition) is 0. The van der Waals surface area contributed by atoms with E-state index in [2.05, 4.69) is 52.3 Å². The van der Waals surface area contributed by atoms with Gasteiger partial charge in [0.15, 0.2) is 0 Å². The zero-order chi connectivity index (χ0) is 20.3. The topological polar surface area (TPSA) is 32.6 Å². The van der Waals surface area contributed by atoms with E-state index in [1.165, 1.54) is 53.7 Å². The summed E-state index contributed by atoms with van der Waals surface area (Å²) in [5, 5.41) is 0. The maximum Gasteiger partial charge on any atom is 0.512 e. The summed E-state index contributed by atoms with van der Waals surface area (Å²) in [6.45, 7) is 11.6. The molecular weight excluding hydrogens is 349 g/mol. The Labute approximate surface area is 170 Å². The van der Waals surface area contributed by atoms with Gasteiger partial charge in [0.2, 0.25) is 0 Å². The number of rotatable bonds is 4. The van der Waals surface area contributed by atoms with Crippen LogP contribution in [0.25, 0.3) is 6.08 Å². The Morgan fingerprint density at radius 3 is 2.32 bits per heavy atom. The van der Waals surface area contributed by atoms with Gasteiger partial charge in [-0.15, -0.1) is 0 Å². The Morgan fingerprint density at radius 2 is 1.75 bits per heavy atom. The van der Waals surface area contributed by atoms with Crippen LogP contribution >= 0.6 is 0 Å². The predicted octanol–water partition coefficient (Wildman–Crippen LogP) is 4.20. The van der Waals surface area contributed by atoms with Crippen LogP contribution in [-0.2, 0) is 27.5 Å². The third kappa shape index (κ3) is 3.10. The van der Waals surface area contributed by atoms with Gasteiger partial charge in [-0.2, -0.15) is 0 Å². The molecular formula is C23H36BNO3. The lowest BCUT2D eigenvalue weighted by atomic mass is 9.75. The summed E-state index contributed by atoms with van der Waals surface area (Å²) in [6.07, 6.45) is 8.68. The first-order valence-electron chi connectivity index (χ1n) is 10.9. The van der Waals surface area contributed by atoms with E-state index in [1.54, 1.807) is 7.11 Å². The van der Waals surface area contributed by atoms with E-state index in [0.717, 1.165) is 6.42 Å². The average molecular weight is 385 g/mol. The van der Waals surface area contributed by atoms with Gasteiger partial charge in [0.25, 0.3) is 0 Å². The molecule has 1 aromatic heterocycles. The number of hydrogen-bond acceptors (Lipinski definition) is 3. The zero-order valence-corrected chi connectivity index (χ0v) is 18.7. The lowest BCUT2D eigenvalue weighted by Crippen LogP contribution is -2.41. The van der Waals surface area contributed by atoms with Gasteiger partial charge in [-0.3, -0.25) is 0 Å². The summed E-state index contributed by atoms with van der Waals surface area (Å²) >= 11 is 0. The average Bonchev–Trinajstić information content (AvgIpc) is 3.26. The minimum atomic E-state index is -0.320. The van der Waals surface area contributed by atoms with E-state index >= 15 is 0 Å². The van der Waals surface area contributed by atoms with Crippen LogP contribution in [0.2, 0.25) is 0 Å². The Hall–Kier alpha value is -1.04. The van der Waals surface area contributed by atoms with Gasteiger partial charge < -0.3 is 18.6 Å². The van der Waals surface area contributed by atoms with Crippen LogP contribution in [0.4, 0.5) is 0 Å². The summed E-state index contributed by atoms with van der Waals surface area (Å²) in [5.41, 5.74) is 6.36. The monoisotopic (exact) mass is 385 g/mol. The summed E-state index contributed by atoms with van der Waals surface area (Å²) in [6, 6.07) is 0. The highest BCUT2D eigenvalue weighted by Crippen LogP contribution is 2.43. The largest absolute Gasteiger partial charge is 0.512 e. The Balaban J connectivity index is 1.84. The van der Waals surface area contributed by atoms with Crippen molar-refractivity contribution >= 4 is 18.8 Å². The minimum absolute atomic E-state index is 0.300. The second kappa shape index (κ2) is 7.03. The molecule has 1 saturated carbocycles. The molecule has 154 valence electrons. The first-order chi connectivity index (χ1) is 13.2. The van der Waals surface area contributed by atoms with E-state index in [9.17, 15) is 0 Å². The van der Waals surface area contributed by atoms with E-state index in [-0.39, 0.29) is 18.3 Å². The summed E-state index contributed by atoms with van der Waals surface area (Å²) < 4.78 is 20.9. The molecule has 2 fully saturated rings. The molecule has 4 rings (SSSR count). The molecule has 5 heteroatoms. The highest BCUT2D eigenvalue weighted by Gasteiger charge is 2.54. The van der Waals surface area contributed by atoms with E-state index in [1.807, 2.05) is 0 Å². The number of fused-ring (bicyclic) bond motifs is 1. The molecule has 0 bridgehead atoms. The van der Waals surface area contributed by atoms with Gasteiger partial charge in [-0.1, -0.05) is 19.8 Å². The second-order valence-electron chi connectivity index (χ2n) is 10.0. The van der Waals surface area contributed by atoms with Crippen LogP contribution in [0.5, 0.6) is 0 Å². The van der Waals surface area contributed by atoms with Crippen LogP contribution in [0.1, 0.15) is 83.0 Å². The standard InChI is InChI=1S/C23H36BNO3/c1-15-12-18-19(13-17(15)14-26-7)25(6)21(20(18)16-10-8-9-11-16)24-27-22(2,3)23(4,5)28-24/h13,15-16H,8-12,14H2,1-7H3. The number of ether oxygens (including phenoxy) is 1. The molecule has 2 aliphatic carbocycles. The first kappa shape index (κ1) is 20.2. The predicted molar refractivity (Wildman–Crippen MR) is 115 cm³/mol. The van der Waals surface area contributed by atoms with Crippen LogP contribution in [-0.4, -0.2) is 36.6 Å². The molecule has 1 unspecified atom stereocenters. The van der Waals surface area contributed by atoms with Gasteiger partial charge in [0.05, 0.1) is 23.4 Å². The molecule has 0 radical (unpaired) electrons. The Morgan fingerprint density at radius 1 is 1.14 bits per heavy atom. The molecule has 0 aromatic carbocycles. The van der Waals surface area contributed by atoms with Crippen LogP contribution in [0.15, 0.2) is 5.57 Å². The quantitative estimate of drug-likeness (QED) is 0.728.